The average Bonchev–Trinajstić information content (AvgIpc) is 2.31. The molecule has 3 nitrogen and oxygen atoms in total. The van der Waals surface area contributed by atoms with Gasteiger partial charge in [0.15, 0.2) is 0 Å². The number of thioether (sulfide) groups is 1. The summed E-state index contributed by atoms with van der Waals surface area (Å²) >= 11 is 1.34. The lowest BCUT2D eigenvalue weighted by Gasteiger charge is -2.18. The zero-order chi connectivity index (χ0) is 13.6. The highest BCUT2D eigenvalue weighted by Gasteiger charge is 2.28. The highest BCUT2D eigenvalue weighted by atomic mass is 32.2. The van der Waals surface area contributed by atoms with Crippen LogP contribution in [0.15, 0.2) is 29.2 Å². The van der Waals surface area contributed by atoms with Gasteiger partial charge in [-0.3, -0.25) is 4.79 Å². The molecule has 0 aromatic heterocycles. The van der Waals surface area contributed by atoms with Crippen molar-refractivity contribution in [2.24, 2.45) is 0 Å². The predicted octanol–water partition coefficient (Wildman–Crippen LogP) is 2.36. The number of carbonyl (C=O) groups is 1. The second-order valence-corrected chi connectivity index (χ2v) is 6.07. The number of hydrogen-bond donors (Lipinski definition) is 2. The number of hydrogen-bond acceptors (Lipinski definition) is 3. The number of carboxylic acids is 1. The van der Waals surface area contributed by atoms with Gasteiger partial charge >= 0.3 is 5.97 Å². The molecule has 0 aliphatic heterocycles. The number of nitrogens with one attached hydrogen (secondary N) is 1. The fourth-order valence-corrected chi connectivity index (χ4v) is 2.24. The first-order valence-electron chi connectivity index (χ1n) is 5.61. The van der Waals surface area contributed by atoms with Crippen molar-refractivity contribution in [2.45, 2.75) is 30.0 Å². The molecule has 0 saturated carbocycles. The maximum atomic E-state index is 11.0. The van der Waals surface area contributed by atoms with Gasteiger partial charge in [0.2, 0.25) is 0 Å². The minimum atomic E-state index is -0.816. The van der Waals surface area contributed by atoms with Crippen molar-refractivity contribution in [1.82, 2.24) is 5.32 Å². The lowest BCUT2D eigenvalue weighted by molar-refractivity contribution is -0.138. The van der Waals surface area contributed by atoms with E-state index in [9.17, 15) is 4.79 Å². The number of rotatable bonds is 6. The Morgan fingerprint density at radius 3 is 2.56 bits per heavy atom. The quantitative estimate of drug-likeness (QED) is 0.470. The number of terminal acetylenes is 1. The van der Waals surface area contributed by atoms with Crippen LogP contribution in [0.5, 0.6) is 0 Å². The first-order chi connectivity index (χ1) is 8.45. The van der Waals surface area contributed by atoms with Crippen LogP contribution in [0.2, 0.25) is 0 Å². The molecule has 0 fully saturated rings. The molecule has 0 bridgehead atoms. The van der Waals surface area contributed by atoms with Crippen LogP contribution in [-0.4, -0.2) is 22.4 Å². The summed E-state index contributed by atoms with van der Waals surface area (Å²) in [6.07, 6.45) is 5.14. The molecule has 96 valence electrons. The normalized spacial score (nSPS) is 10.9. The van der Waals surface area contributed by atoms with E-state index in [2.05, 4.69) is 11.2 Å². The van der Waals surface area contributed by atoms with Crippen molar-refractivity contribution < 1.29 is 9.90 Å². The Kier molecular flexibility index (Phi) is 5.26. The van der Waals surface area contributed by atoms with Crippen LogP contribution in [0.1, 0.15) is 19.4 Å². The molecular formula is C14H17NO2S. The molecule has 0 aliphatic carbocycles. The van der Waals surface area contributed by atoms with Crippen LogP contribution in [0.25, 0.3) is 0 Å². The van der Waals surface area contributed by atoms with Gasteiger partial charge in [0.1, 0.15) is 4.75 Å². The molecule has 18 heavy (non-hydrogen) atoms. The molecule has 4 heteroatoms. The van der Waals surface area contributed by atoms with Gasteiger partial charge in [-0.15, -0.1) is 18.2 Å². The Morgan fingerprint density at radius 2 is 2.06 bits per heavy atom. The lowest BCUT2D eigenvalue weighted by Crippen LogP contribution is -2.26. The fraction of sp³-hybridized carbons (Fsp3) is 0.357. The van der Waals surface area contributed by atoms with Crippen molar-refractivity contribution in [3.05, 3.63) is 29.8 Å². The van der Waals surface area contributed by atoms with E-state index >= 15 is 0 Å². The Morgan fingerprint density at radius 1 is 1.44 bits per heavy atom. The van der Waals surface area contributed by atoms with Gasteiger partial charge in [-0.2, -0.15) is 0 Å². The Labute approximate surface area is 112 Å². The summed E-state index contributed by atoms with van der Waals surface area (Å²) in [6.45, 7) is 4.66. The van der Waals surface area contributed by atoms with Crippen LogP contribution in [0.3, 0.4) is 0 Å². The largest absolute Gasteiger partial charge is 0.480 e. The highest BCUT2D eigenvalue weighted by Crippen LogP contribution is 2.32. The van der Waals surface area contributed by atoms with Crippen molar-refractivity contribution in [1.29, 1.82) is 0 Å². The molecule has 0 atom stereocenters. The zero-order valence-electron chi connectivity index (χ0n) is 10.6. The molecular weight excluding hydrogens is 246 g/mol. The van der Waals surface area contributed by atoms with E-state index in [0.717, 1.165) is 17.0 Å². The summed E-state index contributed by atoms with van der Waals surface area (Å²) in [6, 6.07) is 7.82. The Balaban J connectivity index is 2.61. The van der Waals surface area contributed by atoms with E-state index in [-0.39, 0.29) is 0 Å². The Hall–Kier alpha value is -1.44. The van der Waals surface area contributed by atoms with Crippen LogP contribution in [-0.2, 0) is 11.3 Å². The second kappa shape index (κ2) is 6.48. The van der Waals surface area contributed by atoms with E-state index in [0.29, 0.717) is 6.54 Å². The monoisotopic (exact) mass is 263 g/mol. The van der Waals surface area contributed by atoms with Crippen LogP contribution >= 0.6 is 11.8 Å². The summed E-state index contributed by atoms with van der Waals surface area (Å²) in [5, 5.41) is 12.2. The maximum absolute atomic E-state index is 11.0. The van der Waals surface area contributed by atoms with Crippen molar-refractivity contribution in [3.8, 4) is 12.3 Å². The van der Waals surface area contributed by atoms with E-state index in [1.165, 1.54) is 11.8 Å². The molecule has 0 spiro atoms. The van der Waals surface area contributed by atoms with Gasteiger partial charge in [0.25, 0.3) is 0 Å². The van der Waals surface area contributed by atoms with Gasteiger partial charge < -0.3 is 10.4 Å². The third-order valence-electron chi connectivity index (χ3n) is 2.37. The molecule has 1 aromatic rings. The van der Waals surface area contributed by atoms with Crippen LogP contribution in [0, 0.1) is 12.3 Å². The summed E-state index contributed by atoms with van der Waals surface area (Å²) in [5.74, 6) is 1.70. The molecule has 0 heterocycles. The zero-order valence-corrected chi connectivity index (χ0v) is 11.4. The van der Waals surface area contributed by atoms with Crippen LogP contribution in [0.4, 0.5) is 0 Å². The van der Waals surface area contributed by atoms with Gasteiger partial charge in [0.05, 0.1) is 6.54 Å². The SMILES string of the molecule is C#CCNCc1ccc(SC(C)(C)C(=O)O)cc1. The first-order valence-corrected chi connectivity index (χ1v) is 6.43. The van der Waals surface area contributed by atoms with Gasteiger partial charge in [-0.05, 0) is 31.5 Å². The van der Waals surface area contributed by atoms with E-state index in [4.69, 9.17) is 11.5 Å². The minimum Gasteiger partial charge on any atom is -0.480 e. The Bertz CT molecular complexity index is 446. The third-order valence-corrected chi connectivity index (χ3v) is 3.56. The number of carboxylic acid groups (broad SMARTS) is 1. The van der Waals surface area contributed by atoms with Crippen molar-refractivity contribution >= 4 is 17.7 Å². The molecule has 2 N–H and O–H groups in total. The fourth-order valence-electron chi connectivity index (χ4n) is 1.29. The molecule has 0 amide bonds. The van der Waals surface area contributed by atoms with Crippen molar-refractivity contribution in [3.63, 3.8) is 0 Å². The highest BCUT2D eigenvalue weighted by molar-refractivity contribution is 8.01. The third kappa shape index (κ3) is 4.44. The predicted molar refractivity (Wildman–Crippen MR) is 74.6 cm³/mol. The molecule has 0 radical (unpaired) electrons. The van der Waals surface area contributed by atoms with Gasteiger partial charge in [-0.1, -0.05) is 18.1 Å². The van der Waals surface area contributed by atoms with E-state index < -0.39 is 10.7 Å². The lowest BCUT2D eigenvalue weighted by atomic mass is 10.2. The minimum absolute atomic E-state index is 0.544. The summed E-state index contributed by atoms with van der Waals surface area (Å²) < 4.78 is -0.816. The summed E-state index contributed by atoms with van der Waals surface area (Å²) in [7, 11) is 0. The molecule has 1 aromatic carbocycles. The van der Waals surface area contributed by atoms with E-state index in [1.807, 2.05) is 24.3 Å². The summed E-state index contributed by atoms with van der Waals surface area (Å²) in [4.78, 5) is 12.0. The average molecular weight is 263 g/mol. The van der Waals surface area contributed by atoms with Gasteiger partial charge in [0, 0.05) is 11.4 Å². The topological polar surface area (TPSA) is 49.3 Å². The van der Waals surface area contributed by atoms with Crippen molar-refractivity contribution in [2.75, 3.05) is 6.54 Å². The smallest absolute Gasteiger partial charge is 0.319 e. The second-order valence-electron chi connectivity index (χ2n) is 4.37. The number of benzene rings is 1. The molecule has 1 rings (SSSR count). The molecule has 0 saturated heterocycles. The van der Waals surface area contributed by atoms with Gasteiger partial charge in [-0.25, -0.2) is 0 Å². The van der Waals surface area contributed by atoms with Crippen LogP contribution < -0.4 is 5.32 Å². The number of aliphatic carboxylic acids is 1. The molecule has 0 aliphatic rings. The molecule has 0 unspecified atom stereocenters. The first kappa shape index (κ1) is 14.6. The standard InChI is InChI=1S/C14H17NO2S/c1-4-9-15-10-11-5-7-12(8-6-11)18-14(2,3)13(16)17/h1,5-8,15H,9-10H2,2-3H3,(H,16,17). The van der Waals surface area contributed by atoms with E-state index in [1.54, 1.807) is 13.8 Å². The maximum Gasteiger partial charge on any atom is 0.319 e. The summed E-state index contributed by atoms with van der Waals surface area (Å²) in [5.41, 5.74) is 1.13.